The van der Waals surface area contributed by atoms with Gasteiger partial charge in [-0.2, -0.15) is 13.2 Å². The Kier molecular flexibility index (Phi) is 7.13. The first-order valence-corrected chi connectivity index (χ1v) is 5.42. The highest BCUT2D eigenvalue weighted by molar-refractivity contribution is 5.79. The van der Waals surface area contributed by atoms with Crippen molar-refractivity contribution in [3.63, 3.8) is 0 Å². The predicted molar refractivity (Wildman–Crippen MR) is 57.4 cm³/mol. The lowest BCUT2D eigenvalue weighted by Crippen LogP contribution is -2.45. The summed E-state index contributed by atoms with van der Waals surface area (Å²) in [5.41, 5.74) is 5.13. The van der Waals surface area contributed by atoms with Crippen LogP contribution in [0.25, 0.3) is 0 Å². The average molecular weight is 256 g/mol. The summed E-state index contributed by atoms with van der Waals surface area (Å²) in [5.74, 6) is -0.530. The summed E-state index contributed by atoms with van der Waals surface area (Å²) in [5, 5.41) is 2.91. The van der Waals surface area contributed by atoms with E-state index in [9.17, 15) is 18.0 Å². The minimum atomic E-state index is -4.21. The number of ether oxygens (including phenoxy) is 1. The minimum absolute atomic E-state index is 0.0719. The van der Waals surface area contributed by atoms with Gasteiger partial charge in [-0.05, 0) is 6.42 Å². The molecule has 0 fully saturated rings. The Hall–Kier alpha value is -0.820. The highest BCUT2D eigenvalue weighted by Crippen LogP contribution is 2.18. The molecule has 102 valence electrons. The second-order valence-electron chi connectivity index (χ2n) is 4.04. The van der Waals surface area contributed by atoms with Crippen LogP contribution < -0.4 is 11.1 Å². The van der Waals surface area contributed by atoms with Gasteiger partial charge in [-0.3, -0.25) is 4.79 Å². The number of carbonyl (C=O) groups excluding carboxylic acids is 1. The van der Waals surface area contributed by atoms with E-state index in [0.29, 0.717) is 0 Å². The monoisotopic (exact) mass is 256 g/mol. The molecule has 0 heterocycles. The molecule has 1 unspecified atom stereocenters. The molecular formula is C10H19F3N2O2. The number of halogens is 3. The predicted octanol–water partition coefficient (Wildman–Crippen LogP) is 1.20. The van der Waals surface area contributed by atoms with Crippen LogP contribution in [-0.4, -0.2) is 37.4 Å². The van der Waals surface area contributed by atoms with Crippen LogP contribution in [0.5, 0.6) is 0 Å². The number of amides is 1. The van der Waals surface area contributed by atoms with Gasteiger partial charge in [-0.1, -0.05) is 13.8 Å². The molecule has 0 radical (unpaired) electrons. The zero-order valence-electron chi connectivity index (χ0n) is 10.0. The van der Waals surface area contributed by atoms with Crippen molar-refractivity contribution in [3.05, 3.63) is 0 Å². The normalized spacial score (nSPS) is 14.0. The molecule has 0 rings (SSSR count). The van der Waals surface area contributed by atoms with Crippen LogP contribution in [0.4, 0.5) is 13.2 Å². The topological polar surface area (TPSA) is 64.3 Å². The summed E-state index contributed by atoms with van der Waals surface area (Å²) < 4.78 is 40.1. The fourth-order valence-corrected chi connectivity index (χ4v) is 1.20. The lowest BCUT2D eigenvalue weighted by Gasteiger charge is -2.18. The van der Waals surface area contributed by atoms with E-state index in [1.165, 1.54) is 0 Å². The van der Waals surface area contributed by atoms with E-state index in [0.717, 1.165) is 0 Å². The van der Waals surface area contributed by atoms with Gasteiger partial charge >= 0.3 is 6.18 Å². The van der Waals surface area contributed by atoms with Crippen LogP contribution in [0.1, 0.15) is 26.7 Å². The van der Waals surface area contributed by atoms with Gasteiger partial charge in [0.25, 0.3) is 0 Å². The Morgan fingerprint density at radius 3 is 2.35 bits per heavy atom. The quantitative estimate of drug-likeness (QED) is 0.641. The number of carbonyl (C=O) groups is 1. The van der Waals surface area contributed by atoms with Crippen LogP contribution in [0.2, 0.25) is 0 Å². The molecule has 3 N–H and O–H groups in total. The molecule has 0 spiro atoms. The first-order valence-electron chi connectivity index (χ1n) is 5.42. The van der Waals surface area contributed by atoms with Crippen molar-refractivity contribution in [2.75, 3.05) is 13.2 Å². The van der Waals surface area contributed by atoms with Crippen molar-refractivity contribution in [3.8, 4) is 0 Å². The molecule has 17 heavy (non-hydrogen) atoms. The van der Waals surface area contributed by atoms with Crippen molar-refractivity contribution in [1.82, 2.24) is 5.32 Å². The van der Waals surface area contributed by atoms with E-state index in [-0.39, 0.29) is 19.1 Å². The van der Waals surface area contributed by atoms with E-state index in [2.05, 4.69) is 5.32 Å². The van der Waals surface area contributed by atoms with Gasteiger partial charge < -0.3 is 15.8 Å². The number of hydrogen-bond acceptors (Lipinski definition) is 3. The van der Waals surface area contributed by atoms with Crippen molar-refractivity contribution >= 4 is 5.91 Å². The fourth-order valence-electron chi connectivity index (χ4n) is 1.20. The van der Waals surface area contributed by atoms with E-state index >= 15 is 0 Å². The third kappa shape index (κ3) is 10.1. The van der Waals surface area contributed by atoms with Crippen molar-refractivity contribution in [1.29, 1.82) is 0 Å². The highest BCUT2D eigenvalue weighted by Gasteiger charge is 2.26. The van der Waals surface area contributed by atoms with E-state index in [1.54, 1.807) is 0 Å². The van der Waals surface area contributed by atoms with Crippen molar-refractivity contribution < 1.29 is 22.7 Å². The molecule has 0 aliphatic carbocycles. The van der Waals surface area contributed by atoms with E-state index in [1.807, 2.05) is 13.8 Å². The van der Waals surface area contributed by atoms with E-state index in [4.69, 9.17) is 10.5 Å². The molecule has 7 heteroatoms. The van der Waals surface area contributed by atoms with Gasteiger partial charge in [0, 0.05) is 12.6 Å². The zero-order valence-corrected chi connectivity index (χ0v) is 10.0. The molecule has 0 aromatic heterocycles. The first kappa shape index (κ1) is 16.2. The Bertz CT molecular complexity index is 232. The Labute approximate surface area is 98.7 Å². The molecule has 0 aromatic carbocycles. The molecule has 0 saturated heterocycles. The van der Waals surface area contributed by atoms with Crippen LogP contribution >= 0.6 is 0 Å². The number of nitrogens with one attached hydrogen (secondary N) is 1. The summed E-state index contributed by atoms with van der Waals surface area (Å²) in [6, 6.07) is -0.497. The molecule has 0 bridgehead atoms. The van der Waals surface area contributed by atoms with Gasteiger partial charge in [0.2, 0.25) is 5.91 Å². The smallest absolute Gasteiger partial charge is 0.381 e. The molecule has 0 saturated carbocycles. The van der Waals surface area contributed by atoms with Crippen LogP contribution in [0.3, 0.4) is 0 Å². The molecule has 0 aliphatic rings. The second-order valence-corrected chi connectivity index (χ2v) is 4.04. The average Bonchev–Trinajstić information content (AvgIpc) is 2.12. The summed E-state index contributed by atoms with van der Waals surface area (Å²) in [6.07, 6.45) is -4.92. The SMILES string of the molecule is CC(C)NC(CCOCCC(F)(F)F)C(N)=O. The van der Waals surface area contributed by atoms with Gasteiger partial charge in [-0.25, -0.2) is 0 Å². The second kappa shape index (κ2) is 7.50. The van der Waals surface area contributed by atoms with Gasteiger partial charge in [-0.15, -0.1) is 0 Å². The highest BCUT2D eigenvalue weighted by atomic mass is 19.4. The third-order valence-corrected chi connectivity index (χ3v) is 1.96. The van der Waals surface area contributed by atoms with Crippen molar-refractivity contribution in [2.24, 2.45) is 5.73 Å². The number of rotatable bonds is 8. The van der Waals surface area contributed by atoms with Gasteiger partial charge in [0.15, 0.2) is 0 Å². The van der Waals surface area contributed by atoms with E-state index < -0.39 is 31.2 Å². The molecule has 1 atom stereocenters. The zero-order chi connectivity index (χ0) is 13.5. The molecule has 4 nitrogen and oxygen atoms in total. The Morgan fingerprint density at radius 2 is 1.94 bits per heavy atom. The van der Waals surface area contributed by atoms with Crippen molar-refractivity contribution in [2.45, 2.75) is 44.9 Å². The summed E-state index contributed by atoms with van der Waals surface area (Å²) in [6.45, 7) is 3.38. The largest absolute Gasteiger partial charge is 0.391 e. The Morgan fingerprint density at radius 1 is 1.35 bits per heavy atom. The number of hydrogen-bond donors (Lipinski definition) is 2. The fraction of sp³-hybridized carbons (Fsp3) is 0.900. The molecule has 0 aromatic rings. The number of primary amides is 1. The summed E-state index contributed by atoms with van der Waals surface area (Å²) >= 11 is 0. The molecular weight excluding hydrogens is 237 g/mol. The van der Waals surface area contributed by atoms with Crippen LogP contribution in [0.15, 0.2) is 0 Å². The van der Waals surface area contributed by atoms with Gasteiger partial charge in [0.1, 0.15) is 0 Å². The third-order valence-electron chi connectivity index (χ3n) is 1.96. The molecule has 1 amide bonds. The standard InChI is InChI=1S/C10H19F3N2O2/c1-7(2)15-8(9(14)16)3-5-17-6-4-10(11,12)13/h7-8,15H,3-6H2,1-2H3,(H2,14,16). The van der Waals surface area contributed by atoms with Gasteiger partial charge in [0.05, 0.1) is 19.1 Å². The molecule has 0 aliphatic heterocycles. The van der Waals surface area contributed by atoms with Crippen LogP contribution in [-0.2, 0) is 9.53 Å². The lowest BCUT2D eigenvalue weighted by atomic mass is 10.2. The van der Waals surface area contributed by atoms with Crippen LogP contribution in [0, 0.1) is 0 Å². The summed E-state index contributed by atoms with van der Waals surface area (Å²) in [4.78, 5) is 11.0. The number of alkyl halides is 3. The maximum absolute atomic E-state index is 11.8. The maximum Gasteiger partial charge on any atom is 0.391 e. The Balaban J connectivity index is 3.72. The minimum Gasteiger partial charge on any atom is -0.381 e. The first-order chi connectivity index (χ1) is 7.72. The maximum atomic E-state index is 11.8. The lowest BCUT2D eigenvalue weighted by molar-refractivity contribution is -0.145. The number of nitrogens with two attached hydrogens (primary N) is 1. The summed E-state index contributed by atoms with van der Waals surface area (Å²) in [7, 11) is 0.